The molecule has 0 aliphatic carbocycles. The van der Waals surface area contributed by atoms with Crippen LogP contribution in [0, 0.1) is 6.92 Å². The number of carbonyl (C=O) groups is 1. The van der Waals surface area contributed by atoms with Crippen molar-refractivity contribution in [1.29, 1.82) is 0 Å². The average Bonchev–Trinajstić information content (AvgIpc) is 3.28. The number of para-hydroxylation sites is 2. The van der Waals surface area contributed by atoms with Crippen molar-refractivity contribution in [2.75, 3.05) is 12.4 Å². The van der Waals surface area contributed by atoms with Crippen LogP contribution in [0.25, 0.3) is 17.0 Å². The van der Waals surface area contributed by atoms with Crippen molar-refractivity contribution in [2.45, 2.75) is 19.3 Å². The van der Waals surface area contributed by atoms with Crippen LogP contribution in [-0.2, 0) is 4.79 Å². The maximum Gasteiger partial charge on any atom is 0.231 e. The molecule has 0 fully saturated rings. The molecule has 3 N–H and O–H groups in total. The molecule has 0 saturated heterocycles. The second kappa shape index (κ2) is 6.37. The second-order valence-corrected chi connectivity index (χ2v) is 7.07. The minimum absolute atomic E-state index is 0.0415. The molecule has 3 heterocycles. The molecule has 4 aromatic rings. The number of anilines is 1. The summed E-state index contributed by atoms with van der Waals surface area (Å²) in [7, 11) is 1.50. The van der Waals surface area contributed by atoms with Crippen LogP contribution in [0.4, 0.5) is 5.82 Å². The van der Waals surface area contributed by atoms with Crippen molar-refractivity contribution in [3.05, 3.63) is 59.3 Å². The minimum atomic E-state index is -0.228. The predicted octanol–water partition coefficient (Wildman–Crippen LogP) is 3.25. The number of hydrogen-bond acceptors (Lipinski definition) is 5. The van der Waals surface area contributed by atoms with Gasteiger partial charge in [-0.3, -0.25) is 4.79 Å². The van der Waals surface area contributed by atoms with Gasteiger partial charge in [-0.25, -0.2) is 4.98 Å². The standard InChI is InChI=1S/C21H19N5O3/c1-11-19-13(12-7-8-17(29-2)16(27)9-12)10-18(28)24-20(19)26(25-11)21-22-14-5-3-4-6-15(14)23-21/h3-9,13,27H,10H2,1-2H3,(H,22,23)(H,24,28)/t13-/m0/s1. The molecule has 1 aliphatic rings. The first kappa shape index (κ1) is 17.3. The van der Waals surface area contributed by atoms with Gasteiger partial charge in [0.2, 0.25) is 11.9 Å². The van der Waals surface area contributed by atoms with Crippen molar-refractivity contribution in [3.8, 4) is 17.4 Å². The molecule has 0 radical (unpaired) electrons. The summed E-state index contributed by atoms with van der Waals surface area (Å²) < 4.78 is 6.77. The summed E-state index contributed by atoms with van der Waals surface area (Å²) in [6, 6.07) is 12.9. The summed E-state index contributed by atoms with van der Waals surface area (Å²) in [6.45, 7) is 1.91. The fraction of sp³-hybridized carbons (Fsp3) is 0.190. The number of rotatable bonds is 3. The number of nitrogens with zero attached hydrogens (tertiary/aromatic N) is 3. The quantitative estimate of drug-likeness (QED) is 0.499. The number of hydrogen-bond donors (Lipinski definition) is 3. The van der Waals surface area contributed by atoms with Gasteiger partial charge in [-0.1, -0.05) is 18.2 Å². The Labute approximate surface area is 166 Å². The number of aromatic amines is 1. The largest absolute Gasteiger partial charge is 0.504 e. The lowest BCUT2D eigenvalue weighted by Gasteiger charge is -2.24. The van der Waals surface area contributed by atoms with Gasteiger partial charge in [-0.05, 0) is 36.8 Å². The van der Waals surface area contributed by atoms with Gasteiger partial charge in [0, 0.05) is 17.9 Å². The number of methoxy groups -OCH3 is 1. The van der Waals surface area contributed by atoms with E-state index < -0.39 is 0 Å². The number of aromatic hydroxyl groups is 1. The van der Waals surface area contributed by atoms with Crippen molar-refractivity contribution in [3.63, 3.8) is 0 Å². The molecule has 1 atom stereocenters. The Morgan fingerprint density at radius 1 is 1.24 bits per heavy atom. The van der Waals surface area contributed by atoms with E-state index in [4.69, 9.17) is 4.74 Å². The smallest absolute Gasteiger partial charge is 0.231 e. The summed E-state index contributed by atoms with van der Waals surface area (Å²) >= 11 is 0. The number of imidazole rings is 1. The average molecular weight is 389 g/mol. The molecule has 1 amide bonds. The molecule has 0 saturated carbocycles. The maximum atomic E-state index is 12.5. The molecule has 29 heavy (non-hydrogen) atoms. The van der Waals surface area contributed by atoms with Crippen molar-refractivity contribution >= 4 is 22.8 Å². The van der Waals surface area contributed by atoms with Crippen LogP contribution in [0.1, 0.15) is 29.2 Å². The van der Waals surface area contributed by atoms with E-state index in [1.807, 2.05) is 37.3 Å². The van der Waals surface area contributed by atoms with E-state index in [1.165, 1.54) is 7.11 Å². The van der Waals surface area contributed by atoms with Crippen LogP contribution in [0.5, 0.6) is 11.5 Å². The molecule has 8 nitrogen and oxygen atoms in total. The summed E-state index contributed by atoms with van der Waals surface area (Å²) in [6.07, 6.45) is 0.269. The Morgan fingerprint density at radius 3 is 2.83 bits per heavy atom. The number of H-pyrrole nitrogens is 1. The minimum Gasteiger partial charge on any atom is -0.504 e. The number of aryl methyl sites for hydroxylation is 1. The van der Waals surface area contributed by atoms with Gasteiger partial charge in [0.05, 0.1) is 23.8 Å². The molecule has 2 aromatic heterocycles. The lowest BCUT2D eigenvalue weighted by molar-refractivity contribution is -0.116. The fourth-order valence-electron chi connectivity index (χ4n) is 3.95. The topological polar surface area (TPSA) is 105 Å². The number of carbonyl (C=O) groups excluding carboxylic acids is 1. The molecule has 1 aliphatic heterocycles. The normalized spacial score (nSPS) is 15.9. The Kier molecular flexibility index (Phi) is 3.80. The maximum absolute atomic E-state index is 12.5. The van der Waals surface area contributed by atoms with Crippen molar-refractivity contribution < 1.29 is 14.6 Å². The van der Waals surface area contributed by atoms with Gasteiger partial charge in [0.15, 0.2) is 11.5 Å². The van der Waals surface area contributed by atoms with E-state index in [0.29, 0.717) is 17.5 Å². The number of phenols is 1. The number of benzene rings is 2. The predicted molar refractivity (Wildman–Crippen MR) is 108 cm³/mol. The van der Waals surface area contributed by atoms with Crippen LogP contribution in [-0.4, -0.2) is 37.9 Å². The number of ether oxygens (including phenoxy) is 1. The lowest BCUT2D eigenvalue weighted by atomic mass is 9.85. The molecule has 146 valence electrons. The first-order valence-corrected chi connectivity index (χ1v) is 9.26. The van der Waals surface area contributed by atoms with Crippen molar-refractivity contribution in [1.82, 2.24) is 19.7 Å². The molecular formula is C21H19N5O3. The van der Waals surface area contributed by atoms with Crippen LogP contribution < -0.4 is 10.1 Å². The van der Waals surface area contributed by atoms with Crippen molar-refractivity contribution in [2.24, 2.45) is 0 Å². The number of amides is 1. The van der Waals surface area contributed by atoms with Gasteiger partial charge in [-0.15, -0.1) is 0 Å². The third-order valence-corrected chi connectivity index (χ3v) is 5.29. The van der Waals surface area contributed by atoms with Crippen LogP contribution in [0.15, 0.2) is 42.5 Å². The first-order valence-electron chi connectivity index (χ1n) is 9.26. The Hall–Kier alpha value is -3.81. The van der Waals surface area contributed by atoms with Gasteiger partial charge < -0.3 is 20.1 Å². The molecule has 2 aromatic carbocycles. The van der Waals surface area contributed by atoms with Gasteiger partial charge in [0.25, 0.3) is 0 Å². The summed E-state index contributed by atoms with van der Waals surface area (Å²) in [5.41, 5.74) is 4.24. The molecule has 0 spiro atoms. The summed E-state index contributed by atoms with van der Waals surface area (Å²) in [5, 5.41) is 17.8. The third-order valence-electron chi connectivity index (χ3n) is 5.29. The van der Waals surface area contributed by atoms with Crippen LogP contribution in [0.3, 0.4) is 0 Å². The number of fused-ring (bicyclic) bond motifs is 2. The van der Waals surface area contributed by atoms with E-state index in [-0.39, 0.29) is 24.0 Å². The molecule has 5 rings (SSSR count). The van der Waals surface area contributed by atoms with Crippen LogP contribution >= 0.6 is 0 Å². The number of aromatic nitrogens is 4. The SMILES string of the molecule is COc1ccc([C@@H]2CC(=O)Nc3c2c(C)nn3-c2nc3ccccc3[nH]2)cc1O. The zero-order valence-corrected chi connectivity index (χ0v) is 15.9. The number of nitrogens with one attached hydrogen (secondary N) is 2. The van der Waals surface area contributed by atoms with E-state index in [0.717, 1.165) is 27.9 Å². The molecule has 8 heteroatoms. The van der Waals surface area contributed by atoms with Gasteiger partial charge in [-0.2, -0.15) is 9.78 Å². The zero-order valence-electron chi connectivity index (χ0n) is 15.9. The van der Waals surface area contributed by atoms with E-state index in [9.17, 15) is 9.90 Å². The highest BCUT2D eigenvalue weighted by atomic mass is 16.5. The highest BCUT2D eigenvalue weighted by Gasteiger charge is 2.33. The zero-order chi connectivity index (χ0) is 20.1. The summed E-state index contributed by atoms with van der Waals surface area (Å²) in [5.74, 6) is 1.22. The lowest BCUT2D eigenvalue weighted by Crippen LogP contribution is -2.25. The van der Waals surface area contributed by atoms with E-state index >= 15 is 0 Å². The fourth-order valence-corrected chi connectivity index (χ4v) is 3.95. The van der Waals surface area contributed by atoms with E-state index in [2.05, 4.69) is 20.4 Å². The molecule has 0 unspecified atom stereocenters. The van der Waals surface area contributed by atoms with Gasteiger partial charge >= 0.3 is 0 Å². The highest BCUT2D eigenvalue weighted by molar-refractivity contribution is 5.95. The first-order chi connectivity index (χ1) is 14.0. The monoisotopic (exact) mass is 389 g/mol. The summed E-state index contributed by atoms with van der Waals surface area (Å²) in [4.78, 5) is 20.4. The van der Waals surface area contributed by atoms with Gasteiger partial charge in [0.1, 0.15) is 5.82 Å². The van der Waals surface area contributed by atoms with E-state index in [1.54, 1.807) is 16.8 Å². The molecule has 0 bridgehead atoms. The Bertz CT molecular complexity index is 1220. The van der Waals surface area contributed by atoms with Crippen LogP contribution in [0.2, 0.25) is 0 Å². The Morgan fingerprint density at radius 2 is 2.07 bits per heavy atom. The molecular weight excluding hydrogens is 370 g/mol. The number of phenolic OH excluding ortho intramolecular Hbond substituents is 1. The Balaban J connectivity index is 1.65. The third kappa shape index (κ3) is 2.72. The second-order valence-electron chi connectivity index (χ2n) is 7.07. The highest BCUT2D eigenvalue weighted by Crippen LogP contribution is 2.42.